The lowest BCUT2D eigenvalue weighted by Gasteiger charge is -2.27. The molecule has 10 heteroatoms. The minimum atomic E-state index is -4.03. The second-order valence-electron chi connectivity index (χ2n) is 8.61. The van der Waals surface area contributed by atoms with E-state index in [1.807, 2.05) is 0 Å². The van der Waals surface area contributed by atoms with Gasteiger partial charge in [-0.25, -0.2) is 13.5 Å². The first-order valence-corrected chi connectivity index (χ1v) is 11.7. The lowest BCUT2D eigenvalue weighted by atomic mass is 10.0. The Bertz CT molecular complexity index is 886. The van der Waals surface area contributed by atoms with Crippen LogP contribution in [0, 0.1) is 0 Å². The van der Waals surface area contributed by atoms with Crippen molar-refractivity contribution < 1.29 is 37.0 Å². The predicted molar refractivity (Wildman–Crippen MR) is 111 cm³/mol. The minimum absolute atomic E-state index is 0.0501. The topological polar surface area (TPSA) is 101 Å². The summed E-state index contributed by atoms with van der Waals surface area (Å²) < 4.78 is 50.5. The van der Waals surface area contributed by atoms with Crippen LogP contribution in [0.25, 0.3) is 0 Å². The van der Waals surface area contributed by atoms with Crippen molar-refractivity contribution in [1.82, 2.24) is 5.06 Å². The van der Waals surface area contributed by atoms with Gasteiger partial charge in [0.1, 0.15) is 17.5 Å². The molecule has 9 nitrogen and oxygen atoms in total. The van der Waals surface area contributed by atoms with Crippen molar-refractivity contribution in [2.45, 2.75) is 74.1 Å². The third-order valence-electron chi connectivity index (χ3n) is 5.37. The van der Waals surface area contributed by atoms with E-state index in [9.17, 15) is 13.2 Å². The second-order valence-corrected chi connectivity index (χ2v) is 10.7. The molecule has 0 saturated carbocycles. The zero-order valence-electron chi connectivity index (χ0n) is 18.7. The number of hydrogen-bond donors (Lipinski definition) is 0. The molecule has 0 aromatic heterocycles. The van der Waals surface area contributed by atoms with Crippen LogP contribution in [0.3, 0.4) is 0 Å². The molecule has 1 aromatic rings. The highest BCUT2D eigenvalue weighted by molar-refractivity contribution is 7.92. The Morgan fingerprint density at radius 3 is 2.32 bits per heavy atom. The van der Waals surface area contributed by atoms with E-state index in [0.717, 1.165) is 5.06 Å². The van der Waals surface area contributed by atoms with Crippen molar-refractivity contribution in [2.75, 3.05) is 20.8 Å². The number of hydrogen-bond acceptors (Lipinski definition) is 8. The summed E-state index contributed by atoms with van der Waals surface area (Å²) in [5, 5.41) is -0.514. The van der Waals surface area contributed by atoms with E-state index in [0.29, 0.717) is 0 Å². The molecule has 2 fully saturated rings. The third-order valence-corrected chi connectivity index (χ3v) is 7.44. The van der Waals surface area contributed by atoms with Gasteiger partial charge < -0.3 is 18.9 Å². The number of ether oxygens (including phenoxy) is 4. The molecule has 31 heavy (non-hydrogen) atoms. The molecule has 1 aromatic carbocycles. The molecule has 2 aliphatic rings. The van der Waals surface area contributed by atoms with Crippen LogP contribution in [-0.4, -0.2) is 75.3 Å². The first-order chi connectivity index (χ1) is 14.4. The smallest absolute Gasteiger partial charge is 0.264 e. The summed E-state index contributed by atoms with van der Waals surface area (Å²) >= 11 is 0. The van der Waals surface area contributed by atoms with Crippen molar-refractivity contribution in [1.29, 1.82) is 0 Å². The number of rotatable bonds is 7. The van der Waals surface area contributed by atoms with E-state index in [2.05, 4.69) is 0 Å². The van der Waals surface area contributed by atoms with Gasteiger partial charge in [-0.05, 0) is 39.8 Å². The number of amides is 1. The lowest BCUT2D eigenvalue weighted by Crippen LogP contribution is -2.46. The summed E-state index contributed by atoms with van der Waals surface area (Å²) in [4.78, 5) is 18.1. The molecule has 0 N–H and O–H groups in total. The Labute approximate surface area is 183 Å². The number of carbonyl (C=O) groups excluding carboxylic acids is 1. The van der Waals surface area contributed by atoms with E-state index < -0.39 is 50.9 Å². The maximum Gasteiger partial charge on any atom is 0.264 e. The Hall–Kier alpha value is -1.56. The fourth-order valence-electron chi connectivity index (χ4n) is 3.88. The Balaban J connectivity index is 1.93. The summed E-state index contributed by atoms with van der Waals surface area (Å²) in [6.45, 7) is 7.34. The van der Waals surface area contributed by atoms with E-state index in [1.54, 1.807) is 45.9 Å². The van der Waals surface area contributed by atoms with Crippen LogP contribution in [0.2, 0.25) is 0 Å². The van der Waals surface area contributed by atoms with E-state index in [1.165, 1.54) is 26.3 Å². The zero-order chi connectivity index (χ0) is 23.0. The second kappa shape index (κ2) is 8.76. The number of benzene rings is 1. The molecule has 2 saturated heterocycles. The Kier molecular flexibility index (Phi) is 6.81. The SMILES string of the molecule is CON(C)C(=O)C(C[C@H]1OC(C)(C)O[C@@H]1[C@H]1COC(C)(C)O1)S(=O)(=O)c1ccccc1. The van der Waals surface area contributed by atoms with Gasteiger partial charge in [-0.15, -0.1) is 0 Å². The number of sulfone groups is 1. The van der Waals surface area contributed by atoms with Crippen molar-refractivity contribution >= 4 is 15.7 Å². The van der Waals surface area contributed by atoms with Crippen molar-refractivity contribution in [3.05, 3.63) is 30.3 Å². The van der Waals surface area contributed by atoms with Crippen LogP contribution in [0.1, 0.15) is 34.1 Å². The molecule has 1 amide bonds. The molecule has 0 radical (unpaired) electrons. The zero-order valence-corrected chi connectivity index (χ0v) is 19.5. The van der Waals surface area contributed by atoms with Gasteiger partial charge >= 0.3 is 0 Å². The normalized spacial score (nSPS) is 28.4. The monoisotopic (exact) mass is 457 g/mol. The molecule has 0 aliphatic carbocycles. The van der Waals surface area contributed by atoms with E-state index in [-0.39, 0.29) is 17.9 Å². The van der Waals surface area contributed by atoms with Crippen LogP contribution in [0.5, 0.6) is 0 Å². The van der Waals surface area contributed by atoms with E-state index in [4.69, 9.17) is 23.8 Å². The fourth-order valence-corrected chi connectivity index (χ4v) is 5.60. The third kappa shape index (κ3) is 5.27. The standard InChI is InChI=1S/C21H31NO8S/c1-20(2)27-13-16(29-20)18-15(28-21(3,4)30-18)12-17(19(23)22(5)26-6)31(24,25)14-10-8-7-9-11-14/h7-11,15-18H,12-13H2,1-6H3/t15-,16-,17?,18+/m1/s1. The van der Waals surface area contributed by atoms with Crippen molar-refractivity contribution in [2.24, 2.45) is 0 Å². The average Bonchev–Trinajstić information content (AvgIpc) is 3.23. The highest BCUT2D eigenvalue weighted by atomic mass is 32.2. The van der Waals surface area contributed by atoms with Crippen LogP contribution < -0.4 is 0 Å². The van der Waals surface area contributed by atoms with Crippen molar-refractivity contribution in [3.8, 4) is 0 Å². The van der Waals surface area contributed by atoms with Gasteiger partial charge in [-0.1, -0.05) is 18.2 Å². The van der Waals surface area contributed by atoms with Gasteiger partial charge in [-0.3, -0.25) is 9.63 Å². The lowest BCUT2D eigenvalue weighted by molar-refractivity contribution is -0.175. The van der Waals surface area contributed by atoms with Gasteiger partial charge in [0.15, 0.2) is 21.4 Å². The maximum absolute atomic E-state index is 13.4. The molecule has 0 bridgehead atoms. The van der Waals surface area contributed by atoms with Gasteiger partial charge in [0.05, 0.1) is 24.7 Å². The highest BCUT2D eigenvalue weighted by Gasteiger charge is 2.52. The fraction of sp³-hybridized carbons (Fsp3) is 0.667. The van der Waals surface area contributed by atoms with Gasteiger partial charge in [-0.2, -0.15) is 0 Å². The Morgan fingerprint density at radius 1 is 1.13 bits per heavy atom. The molecule has 3 rings (SSSR count). The first kappa shape index (κ1) is 24.1. The summed E-state index contributed by atoms with van der Waals surface area (Å²) in [7, 11) is -1.35. The average molecular weight is 458 g/mol. The van der Waals surface area contributed by atoms with Crippen LogP contribution >= 0.6 is 0 Å². The molecule has 0 spiro atoms. The molecule has 4 atom stereocenters. The van der Waals surface area contributed by atoms with Gasteiger partial charge in [0, 0.05) is 13.5 Å². The van der Waals surface area contributed by atoms with Crippen LogP contribution in [0.15, 0.2) is 35.2 Å². The molecule has 174 valence electrons. The number of carbonyl (C=O) groups is 1. The summed E-state index contributed by atoms with van der Waals surface area (Å²) in [6, 6.07) is 7.87. The predicted octanol–water partition coefficient (Wildman–Crippen LogP) is 1.91. The van der Waals surface area contributed by atoms with Crippen LogP contribution in [-0.2, 0) is 38.4 Å². The largest absolute Gasteiger partial charge is 0.348 e. The highest BCUT2D eigenvalue weighted by Crippen LogP contribution is 2.38. The number of nitrogens with zero attached hydrogens (tertiary/aromatic N) is 1. The van der Waals surface area contributed by atoms with Gasteiger partial charge in [0.25, 0.3) is 5.91 Å². The number of hydroxylamine groups is 2. The van der Waals surface area contributed by atoms with Gasteiger partial charge in [0.2, 0.25) is 0 Å². The molecular weight excluding hydrogens is 426 g/mol. The maximum atomic E-state index is 13.4. The quantitative estimate of drug-likeness (QED) is 0.573. The van der Waals surface area contributed by atoms with Crippen LogP contribution in [0.4, 0.5) is 0 Å². The molecule has 2 heterocycles. The summed E-state index contributed by atoms with van der Waals surface area (Å²) in [5.74, 6) is -2.45. The minimum Gasteiger partial charge on any atom is -0.348 e. The van der Waals surface area contributed by atoms with Crippen molar-refractivity contribution in [3.63, 3.8) is 0 Å². The summed E-state index contributed by atoms with van der Waals surface area (Å²) in [5.41, 5.74) is 0. The Morgan fingerprint density at radius 2 is 1.77 bits per heavy atom. The molecule has 2 aliphatic heterocycles. The molecular formula is C21H31NO8S. The van der Waals surface area contributed by atoms with E-state index >= 15 is 0 Å². The molecule has 1 unspecified atom stereocenters. The summed E-state index contributed by atoms with van der Waals surface area (Å²) in [6.07, 6.45) is -1.91. The first-order valence-electron chi connectivity index (χ1n) is 10.1.